The molecule has 3 N–H and O–H groups in total. The summed E-state index contributed by atoms with van der Waals surface area (Å²) in [6, 6.07) is 10.3. The first-order valence-corrected chi connectivity index (χ1v) is 13.1. The van der Waals surface area contributed by atoms with Crippen LogP contribution in [0.15, 0.2) is 51.9 Å². The molecule has 13 heteroatoms. The van der Waals surface area contributed by atoms with E-state index in [1.165, 1.54) is 10.6 Å². The number of rotatable bonds is 8. The molecule has 4 aromatic heterocycles. The number of aryl methyl sites for hydroxylation is 2. The molecule has 0 bridgehead atoms. The number of furan rings is 1. The average Bonchev–Trinajstić information content (AvgIpc) is 3.67. The van der Waals surface area contributed by atoms with Gasteiger partial charge in [0.2, 0.25) is 5.95 Å². The lowest BCUT2D eigenvalue weighted by atomic mass is 10.1. The first kappa shape index (κ1) is 25.6. The fourth-order valence-electron chi connectivity index (χ4n) is 5.34. The minimum Gasteiger partial charge on any atom is -0.481 e. The van der Waals surface area contributed by atoms with E-state index in [1.807, 2.05) is 11.0 Å². The molecule has 1 aromatic carbocycles. The fourth-order valence-corrected chi connectivity index (χ4v) is 5.34. The molecular weight excluding hydrogens is 519 g/mol. The van der Waals surface area contributed by atoms with Crippen molar-refractivity contribution in [3.8, 4) is 11.5 Å². The van der Waals surface area contributed by atoms with Crippen LogP contribution in [-0.2, 0) is 24.8 Å². The van der Waals surface area contributed by atoms with E-state index in [0.717, 1.165) is 0 Å². The molecule has 40 heavy (non-hydrogen) atoms. The molecule has 0 saturated carbocycles. The zero-order valence-electron chi connectivity index (χ0n) is 22.0. The number of aliphatic carboxylic acids is 1. The number of hydrogen-bond acceptors (Lipinski definition) is 8. The molecule has 208 valence electrons. The van der Waals surface area contributed by atoms with Crippen molar-refractivity contribution in [2.24, 2.45) is 7.05 Å². The minimum absolute atomic E-state index is 0.0291. The van der Waals surface area contributed by atoms with E-state index >= 15 is 0 Å². The number of carboxylic acids is 1. The van der Waals surface area contributed by atoms with Crippen molar-refractivity contribution in [3.05, 3.63) is 64.5 Å². The van der Waals surface area contributed by atoms with Gasteiger partial charge in [0.15, 0.2) is 11.4 Å². The van der Waals surface area contributed by atoms with Gasteiger partial charge in [0.05, 0.1) is 17.5 Å². The summed E-state index contributed by atoms with van der Waals surface area (Å²) in [7, 11) is 1.71. The lowest BCUT2D eigenvalue weighted by molar-refractivity contribution is -0.136. The molecule has 1 saturated heterocycles. The Labute approximate surface area is 227 Å². The number of carboxylic acid groups (broad SMARTS) is 1. The van der Waals surface area contributed by atoms with Crippen LogP contribution in [0.1, 0.15) is 12.0 Å². The van der Waals surface area contributed by atoms with Crippen LogP contribution in [0, 0.1) is 5.82 Å². The number of anilines is 2. The van der Waals surface area contributed by atoms with Gasteiger partial charge in [-0.15, -0.1) is 0 Å². The van der Waals surface area contributed by atoms with Crippen molar-refractivity contribution < 1.29 is 18.7 Å². The van der Waals surface area contributed by atoms with Gasteiger partial charge in [-0.25, -0.2) is 9.18 Å². The van der Waals surface area contributed by atoms with E-state index in [-0.39, 0.29) is 23.9 Å². The number of piperazine rings is 1. The average molecular weight is 549 g/mol. The van der Waals surface area contributed by atoms with Gasteiger partial charge >= 0.3 is 11.7 Å². The number of halogens is 1. The van der Waals surface area contributed by atoms with Crippen molar-refractivity contribution >= 4 is 34.3 Å². The molecule has 1 aliphatic rings. The Kier molecular flexibility index (Phi) is 6.50. The van der Waals surface area contributed by atoms with Gasteiger partial charge in [-0.05, 0) is 42.3 Å². The van der Waals surface area contributed by atoms with E-state index in [0.29, 0.717) is 85.1 Å². The monoisotopic (exact) mass is 548 g/mol. The number of nitrogens with zero attached hydrogens (tertiary/aromatic N) is 7. The molecule has 5 heterocycles. The number of nitrogen functional groups attached to an aromatic ring is 1. The molecular formula is C27H29FN8O4. The van der Waals surface area contributed by atoms with E-state index in [9.17, 15) is 14.0 Å². The highest BCUT2D eigenvalue weighted by molar-refractivity contribution is 5.91. The van der Waals surface area contributed by atoms with Gasteiger partial charge < -0.3 is 20.2 Å². The number of imidazole rings is 1. The highest BCUT2D eigenvalue weighted by Gasteiger charge is 2.23. The summed E-state index contributed by atoms with van der Waals surface area (Å²) >= 11 is 0. The Bertz CT molecular complexity index is 1760. The van der Waals surface area contributed by atoms with Gasteiger partial charge in [0.1, 0.15) is 17.0 Å². The predicted molar refractivity (Wildman–Crippen MR) is 147 cm³/mol. The van der Waals surface area contributed by atoms with Crippen molar-refractivity contribution in [1.29, 1.82) is 0 Å². The van der Waals surface area contributed by atoms with Crippen LogP contribution < -0.4 is 16.3 Å². The SMILES string of the molecule is Cn1c(=O)n(CCN2CCN(c3ccc(CCC(=O)O)cc3F)CC2)c2nc(N)n3nc(-c4ccco4)cc3c21. The molecule has 0 amide bonds. The Morgan fingerprint density at radius 3 is 2.65 bits per heavy atom. The van der Waals surface area contributed by atoms with Gasteiger partial charge in [0, 0.05) is 52.7 Å². The number of hydrogen-bond donors (Lipinski definition) is 2. The zero-order chi connectivity index (χ0) is 28.0. The highest BCUT2D eigenvalue weighted by Crippen LogP contribution is 2.26. The highest BCUT2D eigenvalue weighted by atomic mass is 19.1. The smallest absolute Gasteiger partial charge is 0.330 e. The Morgan fingerprint density at radius 2 is 1.95 bits per heavy atom. The summed E-state index contributed by atoms with van der Waals surface area (Å²) in [5, 5.41) is 13.4. The van der Waals surface area contributed by atoms with E-state index in [4.69, 9.17) is 15.3 Å². The maximum absolute atomic E-state index is 14.8. The molecule has 5 aromatic rings. The molecule has 6 rings (SSSR count). The number of benzene rings is 1. The summed E-state index contributed by atoms with van der Waals surface area (Å²) < 4.78 is 25.0. The molecule has 0 unspecified atom stereocenters. The third kappa shape index (κ3) is 4.57. The lowest BCUT2D eigenvalue weighted by Gasteiger charge is -2.36. The maximum Gasteiger partial charge on any atom is 0.330 e. The van der Waals surface area contributed by atoms with Gasteiger partial charge in [-0.3, -0.25) is 18.8 Å². The van der Waals surface area contributed by atoms with Crippen molar-refractivity contribution in [2.75, 3.05) is 43.4 Å². The van der Waals surface area contributed by atoms with Crippen LogP contribution in [0.2, 0.25) is 0 Å². The second-order valence-electron chi connectivity index (χ2n) is 9.95. The number of fused-ring (bicyclic) bond motifs is 3. The predicted octanol–water partition coefficient (Wildman–Crippen LogP) is 2.20. The fraction of sp³-hybridized carbons (Fsp3) is 0.333. The van der Waals surface area contributed by atoms with Crippen LogP contribution in [-0.4, -0.2) is 72.4 Å². The first-order chi connectivity index (χ1) is 19.3. The minimum atomic E-state index is -0.903. The summed E-state index contributed by atoms with van der Waals surface area (Å²) in [4.78, 5) is 32.8. The zero-order valence-corrected chi connectivity index (χ0v) is 22.0. The van der Waals surface area contributed by atoms with Crippen LogP contribution in [0.5, 0.6) is 0 Å². The second kappa shape index (κ2) is 10.2. The first-order valence-electron chi connectivity index (χ1n) is 13.1. The number of carbonyl (C=O) groups is 1. The van der Waals surface area contributed by atoms with Crippen molar-refractivity contribution in [1.82, 2.24) is 28.6 Å². The molecule has 1 aliphatic heterocycles. The van der Waals surface area contributed by atoms with Gasteiger partial charge in [-0.2, -0.15) is 14.6 Å². The van der Waals surface area contributed by atoms with Gasteiger partial charge in [-0.1, -0.05) is 6.07 Å². The Balaban J connectivity index is 1.16. The number of aromatic nitrogens is 5. The molecule has 1 fully saturated rings. The molecule has 0 radical (unpaired) electrons. The van der Waals surface area contributed by atoms with Crippen LogP contribution in [0.3, 0.4) is 0 Å². The van der Waals surface area contributed by atoms with Crippen LogP contribution >= 0.6 is 0 Å². The summed E-state index contributed by atoms with van der Waals surface area (Å²) in [5.41, 5.74) is 9.62. The summed E-state index contributed by atoms with van der Waals surface area (Å²) in [5.74, 6) is -0.484. The van der Waals surface area contributed by atoms with Crippen molar-refractivity contribution in [2.45, 2.75) is 19.4 Å². The maximum atomic E-state index is 14.8. The van der Waals surface area contributed by atoms with Crippen LogP contribution in [0.4, 0.5) is 16.0 Å². The quantitative estimate of drug-likeness (QED) is 0.299. The van der Waals surface area contributed by atoms with E-state index in [1.54, 1.807) is 46.7 Å². The van der Waals surface area contributed by atoms with E-state index < -0.39 is 5.97 Å². The molecule has 0 atom stereocenters. The molecule has 0 aliphatic carbocycles. The lowest BCUT2D eigenvalue weighted by Crippen LogP contribution is -2.47. The summed E-state index contributed by atoms with van der Waals surface area (Å²) in [6.07, 6.45) is 1.84. The van der Waals surface area contributed by atoms with E-state index in [2.05, 4.69) is 15.0 Å². The number of nitrogens with two attached hydrogens (primary N) is 1. The third-order valence-electron chi connectivity index (χ3n) is 7.48. The largest absolute Gasteiger partial charge is 0.481 e. The molecule has 0 spiro atoms. The Hall–Kier alpha value is -4.65. The standard InChI is InChI=1S/C27H29FN8O4/c1-32-24-21-16-19(22-3-2-14-40-22)31-36(21)26(29)30-25(24)35(27(32)39)13-10-33-8-11-34(12-9-33)20-6-4-17(15-18(20)28)5-7-23(37)38/h2-4,6,14-16H,5,7-13H2,1H3,(H2,29,30)(H,37,38). The summed E-state index contributed by atoms with van der Waals surface area (Å²) in [6.45, 7) is 3.71. The topological polar surface area (TPSA) is 140 Å². The second-order valence-corrected chi connectivity index (χ2v) is 9.95. The third-order valence-corrected chi connectivity index (χ3v) is 7.48. The Morgan fingerprint density at radius 1 is 1.15 bits per heavy atom. The van der Waals surface area contributed by atoms with Crippen LogP contribution in [0.25, 0.3) is 28.1 Å². The normalized spacial score (nSPS) is 14.5. The molecule has 12 nitrogen and oxygen atoms in total. The van der Waals surface area contributed by atoms with Crippen molar-refractivity contribution in [3.63, 3.8) is 0 Å². The van der Waals surface area contributed by atoms with Gasteiger partial charge in [0.25, 0.3) is 0 Å².